The summed E-state index contributed by atoms with van der Waals surface area (Å²) in [6.07, 6.45) is 0. The largest absolute Gasteiger partial charge is 0.507 e. The Labute approximate surface area is 222 Å². The van der Waals surface area contributed by atoms with Gasteiger partial charge in [0.15, 0.2) is 0 Å². The maximum Gasteiger partial charge on any atom is 0.337 e. The zero-order chi connectivity index (χ0) is 27.4. The number of Topliss-reactive ketones (excluding diaryl/α,β-unsaturated/α-hetero) is 1. The highest BCUT2D eigenvalue weighted by Crippen LogP contribution is 2.40. The summed E-state index contributed by atoms with van der Waals surface area (Å²) in [7, 11) is 2.90. The van der Waals surface area contributed by atoms with Gasteiger partial charge in [0.05, 0.1) is 31.4 Å². The van der Waals surface area contributed by atoms with E-state index in [1.54, 1.807) is 43.5 Å². The first-order chi connectivity index (χ1) is 18.3. The van der Waals surface area contributed by atoms with E-state index in [0.717, 1.165) is 23.9 Å². The van der Waals surface area contributed by atoms with E-state index in [1.807, 2.05) is 38.1 Å². The van der Waals surface area contributed by atoms with Crippen LogP contribution < -0.4 is 4.74 Å². The van der Waals surface area contributed by atoms with Gasteiger partial charge >= 0.3 is 5.97 Å². The molecule has 38 heavy (non-hydrogen) atoms. The van der Waals surface area contributed by atoms with Gasteiger partial charge in [0.25, 0.3) is 11.7 Å². The Morgan fingerprint density at radius 2 is 1.55 bits per heavy atom. The first-order valence-corrected chi connectivity index (χ1v) is 12.6. The second-order valence-electron chi connectivity index (χ2n) is 9.06. The van der Waals surface area contributed by atoms with Crippen LogP contribution in [0.2, 0.25) is 0 Å². The Kier molecular flexibility index (Phi) is 8.12. The van der Waals surface area contributed by atoms with Crippen molar-refractivity contribution >= 4 is 34.2 Å². The molecule has 1 atom stereocenters. The number of aliphatic hydroxyl groups excluding tert-OH is 1. The number of hydrogen-bond donors (Lipinski definition) is 1. The number of benzene rings is 3. The van der Waals surface area contributed by atoms with E-state index in [2.05, 4.69) is 4.90 Å². The number of hydrogen-bond acceptors (Lipinski definition) is 7. The first kappa shape index (κ1) is 26.9. The third-order valence-corrected chi connectivity index (χ3v) is 7.06. The summed E-state index contributed by atoms with van der Waals surface area (Å²) >= 11 is 0. The SMILES string of the molecule is CCN(CC)CCN1C(=O)C(=O)/C(=C(/O)c2ccc3cc(OC)ccc3c2)C1c1ccc(C(=O)OC)cc1. The molecule has 4 rings (SSSR count). The number of fused-ring (bicyclic) bond motifs is 1. The molecule has 1 aliphatic heterocycles. The molecule has 3 aromatic carbocycles. The van der Waals surface area contributed by atoms with Crippen LogP contribution in [0.25, 0.3) is 16.5 Å². The minimum Gasteiger partial charge on any atom is -0.507 e. The molecule has 1 aliphatic rings. The van der Waals surface area contributed by atoms with E-state index in [9.17, 15) is 19.5 Å². The number of likely N-dealkylation sites (N-methyl/N-ethyl adjacent to an activating group) is 1. The van der Waals surface area contributed by atoms with E-state index in [0.29, 0.717) is 35.5 Å². The monoisotopic (exact) mass is 516 g/mol. The summed E-state index contributed by atoms with van der Waals surface area (Å²) in [4.78, 5) is 42.2. The standard InChI is InChI=1S/C30H32N2O6/c1-5-31(6-2)15-16-32-26(19-7-9-20(10-8-19)30(36)38-4)25(28(34)29(32)35)27(33)23-12-11-22-18-24(37-3)14-13-21(22)17-23/h7-14,17-18,26,33H,5-6,15-16H2,1-4H3/b27-25+. The molecule has 1 saturated heterocycles. The van der Waals surface area contributed by atoms with E-state index in [4.69, 9.17) is 9.47 Å². The number of carbonyl (C=O) groups is 3. The van der Waals surface area contributed by atoms with Crippen LogP contribution >= 0.6 is 0 Å². The Morgan fingerprint density at radius 1 is 0.921 bits per heavy atom. The summed E-state index contributed by atoms with van der Waals surface area (Å²) in [5, 5.41) is 13.2. The Morgan fingerprint density at radius 3 is 2.18 bits per heavy atom. The lowest BCUT2D eigenvalue weighted by Gasteiger charge is -2.28. The van der Waals surface area contributed by atoms with Crippen LogP contribution in [0.1, 0.15) is 41.4 Å². The van der Waals surface area contributed by atoms with Crippen molar-refractivity contribution in [2.45, 2.75) is 19.9 Å². The van der Waals surface area contributed by atoms with Crippen molar-refractivity contribution in [3.63, 3.8) is 0 Å². The molecule has 0 radical (unpaired) electrons. The van der Waals surface area contributed by atoms with Gasteiger partial charge in [-0.25, -0.2) is 4.79 Å². The molecule has 1 fully saturated rings. The van der Waals surface area contributed by atoms with E-state index < -0.39 is 23.7 Å². The van der Waals surface area contributed by atoms with Crippen molar-refractivity contribution in [2.75, 3.05) is 40.4 Å². The molecule has 3 aromatic rings. The predicted molar refractivity (Wildman–Crippen MR) is 145 cm³/mol. The number of amides is 1. The number of methoxy groups -OCH3 is 2. The fourth-order valence-corrected chi connectivity index (χ4v) is 4.82. The van der Waals surface area contributed by atoms with Gasteiger partial charge in [-0.1, -0.05) is 44.2 Å². The third-order valence-electron chi connectivity index (χ3n) is 7.06. The summed E-state index contributed by atoms with van der Waals surface area (Å²) in [6, 6.07) is 16.7. The molecule has 0 bridgehead atoms. The van der Waals surface area contributed by atoms with Crippen LogP contribution in [0, 0.1) is 0 Å². The molecule has 8 nitrogen and oxygen atoms in total. The molecule has 8 heteroatoms. The van der Waals surface area contributed by atoms with Crippen molar-refractivity contribution in [3.05, 3.63) is 82.9 Å². The van der Waals surface area contributed by atoms with Gasteiger partial charge in [-0.2, -0.15) is 0 Å². The lowest BCUT2D eigenvalue weighted by Crippen LogP contribution is -2.38. The summed E-state index contributed by atoms with van der Waals surface area (Å²) in [6.45, 7) is 6.58. The zero-order valence-corrected chi connectivity index (χ0v) is 22.1. The highest BCUT2D eigenvalue weighted by atomic mass is 16.5. The van der Waals surface area contributed by atoms with Gasteiger partial charge < -0.3 is 24.4 Å². The highest BCUT2D eigenvalue weighted by Gasteiger charge is 2.46. The van der Waals surface area contributed by atoms with Gasteiger partial charge in [-0.15, -0.1) is 0 Å². The summed E-state index contributed by atoms with van der Waals surface area (Å²) < 4.78 is 10.1. The maximum absolute atomic E-state index is 13.4. The average Bonchev–Trinajstić information content (AvgIpc) is 3.21. The molecule has 1 amide bonds. The second kappa shape index (κ2) is 11.5. The topological polar surface area (TPSA) is 96.4 Å². The fourth-order valence-electron chi connectivity index (χ4n) is 4.82. The molecule has 1 N–H and O–H groups in total. The lowest BCUT2D eigenvalue weighted by atomic mass is 9.94. The van der Waals surface area contributed by atoms with Crippen LogP contribution in [-0.4, -0.2) is 73.0 Å². The smallest absolute Gasteiger partial charge is 0.337 e. The zero-order valence-electron chi connectivity index (χ0n) is 22.1. The molecule has 0 aliphatic carbocycles. The van der Waals surface area contributed by atoms with Crippen molar-refractivity contribution < 1.29 is 29.0 Å². The molecular formula is C30H32N2O6. The van der Waals surface area contributed by atoms with E-state index in [1.165, 1.54) is 12.0 Å². The summed E-state index contributed by atoms with van der Waals surface area (Å²) in [5.74, 6) is -1.41. The number of likely N-dealkylation sites (tertiary alicyclic amines) is 1. The van der Waals surface area contributed by atoms with Crippen molar-refractivity contribution in [1.82, 2.24) is 9.80 Å². The van der Waals surface area contributed by atoms with E-state index >= 15 is 0 Å². The fraction of sp³-hybridized carbons (Fsp3) is 0.300. The number of carbonyl (C=O) groups excluding carboxylic acids is 3. The van der Waals surface area contributed by atoms with Gasteiger partial charge in [-0.3, -0.25) is 9.59 Å². The third kappa shape index (κ3) is 5.13. The minimum absolute atomic E-state index is 0.0215. The van der Waals surface area contributed by atoms with Crippen LogP contribution in [0.5, 0.6) is 5.75 Å². The van der Waals surface area contributed by atoms with E-state index in [-0.39, 0.29) is 11.3 Å². The van der Waals surface area contributed by atoms with Gasteiger partial charge in [-0.05, 0) is 59.8 Å². The van der Waals surface area contributed by atoms with Gasteiger partial charge in [0.1, 0.15) is 11.5 Å². The Balaban J connectivity index is 1.81. The molecule has 1 heterocycles. The number of esters is 1. The van der Waals surface area contributed by atoms with Gasteiger partial charge in [0, 0.05) is 18.7 Å². The van der Waals surface area contributed by atoms with Crippen LogP contribution in [-0.2, 0) is 14.3 Å². The number of rotatable bonds is 9. The molecule has 0 saturated carbocycles. The number of aliphatic hydroxyl groups is 1. The number of ketones is 1. The number of ether oxygens (including phenoxy) is 2. The molecule has 198 valence electrons. The van der Waals surface area contributed by atoms with Crippen LogP contribution in [0.3, 0.4) is 0 Å². The average molecular weight is 517 g/mol. The molecule has 1 unspecified atom stereocenters. The highest BCUT2D eigenvalue weighted by molar-refractivity contribution is 6.46. The number of nitrogens with zero attached hydrogens (tertiary/aromatic N) is 2. The van der Waals surface area contributed by atoms with Crippen molar-refractivity contribution in [3.8, 4) is 5.75 Å². The summed E-state index contributed by atoms with van der Waals surface area (Å²) in [5.41, 5.74) is 1.42. The molecule has 0 spiro atoms. The van der Waals surface area contributed by atoms with Crippen LogP contribution in [0.15, 0.2) is 66.2 Å². The Hall–Kier alpha value is -4.17. The first-order valence-electron chi connectivity index (χ1n) is 12.6. The van der Waals surface area contributed by atoms with Crippen molar-refractivity contribution in [2.24, 2.45) is 0 Å². The van der Waals surface area contributed by atoms with Crippen LogP contribution in [0.4, 0.5) is 0 Å². The predicted octanol–water partition coefficient (Wildman–Crippen LogP) is 4.40. The normalized spacial score (nSPS) is 16.9. The van der Waals surface area contributed by atoms with Crippen molar-refractivity contribution in [1.29, 1.82) is 0 Å². The molecular weight excluding hydrogens is 484 g/mol. The maximum atomic E-state index is 13.4. The second-order valence-corrected chi connectivity index (χ2v) is 9.06. The quantitative estimate of drug-likeness (QED) is 0.195. The van der Waals surface area contributed by atoms with Gasteiger partial charge in [0.2, 0.25) is 0 Å². The minimum atomic E-state index is -0.802. The molecule has 0 aromatic heterocycles. The Bertz CT molecular complexity index is 1390. The lowest BCUT2D eigenvalue weighted by molar-refractivity contribution is -0.140.